The molecule has 1 saturated carbocycles. The topological polar surface area (TPSA) is 57.8 Å². The number of nitrogens with zero attached hydrogens (tertiary/aromatic N) is 1. The summed E-state index contributed by atoms with van der Waals surface area (Å²) in [6, 6.07) is 1.89. The van der Waals surface area contributed by atoms with Gasteiger partial charge in [-0.15, -0.1) is 0 Å². The molecule has 0 spiro atoms. The second-order valence-corrected chi connectivity index (χ2v) is 4.13. The van der Waals surface area contributed by atoms with Gasteiger partial charge in [0.2, 0.25) is 5.91 Å². The monoisotopic (exact) mass is 193 g/mol. The second kappa shape index (κ2) is 3.44. The van der Waals surface area contributed by atoms with E-state index in [0.717, 1.165) is 18.5 Å². The summed E-state index contributed by atoms with van der Waals surface area (Å²) in [5, 5.41) is 9.73. The van der Waals surface area contributed by atoms with Crippen molar-refractivity contribution in [3.8, 4) is 0 Å². The Morgan fingerprint density at radius 3 is 2.86 bits per heavy atom. The van der Waals surface area contributed by atoms with Crippen LogP contribution in [0.4, 0.5) is 5.82 Å². The van der Waals surface area contributed by atoms with Crippen LogP contribution in [0.2, 0.25) is 0 Å². The van der Waals surface area contributed by atoms with Gasteiger partial charge in [0, 0.05) is 17.7 Å². The first-order valence-corrected chi connectivity index (χ1v) is 5.03. The Bertz CT molecular complexity index is 339. The molecule has 1 aromatic rings. The van der Waals surface area contributed by atoms with E-state index in [-0.39, 0.29) is 11.8 Å². The minimum atomic E-state index is 0.104. The van der Waals surface area contributed by atoms with Crippen molar-refractivity contribution in [2.75, 3.05) is 5.32 Å². The highest BCUT2D eigenvalue weighted by atomic mass is 16.2. The van der Waals surface area contributed by atoms with E-state index >= 15 is 0 Å². The van der Waals surface area contributed by atoms with Gasteiger partial charge < -0.3 is 5.32 Å². The van der Waals surface area contributed by atoms with E-state index in [4.69, 9.17) is 0 Å². The summed E-state index contributed by atoms with van der Waals surface area (Å²) >= 11 is 0. The molecule has 2 rings (SSSR count). The first-order valence-electron chi connectivity index (χ1n) is 5.03. The summed E-state index contributed by atoms with van der Waals surface area (Å²) in [5.74, 6) is 1.39. The minimum absolute atomic E-state index is 0.104. The zero-order valence-corrected chi connectivity index (χ0v) is 8.50. The van der Waals surface area contributed by atoms with Gasteiger partial charge in [-0.25, -0.2) is 0 Å². The minimum Gasteiger partial charge on any atom is -0.309 e. The molecule has 1 aliphatic carbocycles. The molecule has 76 valence electrons. The lowest BCUT2D eigenvalue weighted by molar-refractivity contribution is -0.117. The number of anilines is 1. The fourth-order valence-electron chi connectivity index (χ4n) is 1.27. The first kappa shape index (κ1) is 9.24. The molecule has 0 aliphatic heterocycles. The summed E-state index contributed by atoms with van der Waals surface area (Å²) in [7, 11) is 0. The van der Waals surface area contributed by atoms with Crippen molar-refractivity contribution >= 4 is 11.7 Å². The highest BCUT2D eigenvalue weighted by Crippen LogP contribution is 2.30. The average Bonchev–Trinajstić information content (AvgIpc) is 2.87. The molecule has 1 heterocycles. The predicted molar refractivity (Wildman–Crippen MR) is 54.0 cm³/mol. The molecule has 0 radical (unpaired) electrons. The lowest BCUT2D eigenvalue weighted by Crippen LogP contribution is -2.13. The van der Waals surface area contributed by atoms with Crippen LogP contribution in [0, 0.1) is 5.92 Å². The molecule has 0 saturated heterocycles. The molecule has 1 aliphatic rings. The Morgan fingerprint density at radius 1 is 1.64 bits per heavy atom. The van der Waals surface area contributed by atoms with Gasteiger partial charge in [0.05, 0.1) is 0 Å². The van der Waals surface area contributed by atoms with Crippen LogP contribution in [-0.2, 0) is 4.79 Å². The number of carbonyl (C=O) groups excluding carboxylic acids is 1. The highest BCUT2D eigenvalue weighted by Gasteiger charge is 2.29. The zero-order chi connectivity index (χ0) is 10.1. The molecular weight excluding hydrogens is 178 g/mol. The Morgan fingerprint density at radius 2 is 2.36 bits per heavy atom. The van der Waals surface area contributed by atoms with Crippen LogP contribution in [0.15, 0.2) is 6.07 Å². The normalized spacial score (nSPS) is 15.9. The van der Waals surface area contributed by atoms with Crippen molar-refractivity contribution in [1.29, 1.82) is 0 Å². The standard InChI is InChI=1S/C10H15N3O/c1-6(2)8-5-9(13-12-8)11-10(14)7-3-4-7/h5-7H,3-4H2,1-2H3,(H2,11,12,13,14). The number of carbonyl (C=O) groups is 1. The Balaban J connectivity index is 1.98. The predicted octanol–water partition coefficient (Wildman–Crippen LogP) is 1.88. The molecule has 0 atom stereocenters. The number of nitrogens with one attached hydrogen (secondary N) is 2. The molecular formula is C10H15N3O. The van der Waals surface area contributed by atoms with E-state index in [1.54, 1.807) is 0 Å². The first-order chi connectivity index (χ1) is 6.66. The fourth-order valence-corrected chi connectivity index (χ4v) is 1.27. The summed E-state index contributed by atoms with van der Waals surface area (Å²) in [6.07, 6.45) is 2.04. The van der Waals surface area contributed by atoms with Crippen LogP contribution >= 0.6 is 0 Å². The Hall–Kier alpha value is -1.32. The van der Waals surface area contributed by atoms with Gasteiger partial charge >= 0.3 is 0 Å². The Labute approximate surface area is 83.1 Å². The maximum absolute atomic E-state index is 11.4. The van der Waals surface area contributed by atoms with Crippen LogP contribution in [0.25, 0.3) is 0 Å². The van der Waals surface area contributed by atoms with Crippen molar-refractivity contribution < 1.29 is 4.79 Å². The molecule has 14 heavy (non-hydrogen) atoms. The van der Waals surface area contributed by atoms with Gasteiger partial charge in [-0.2, -0.15) is 5.10 Å². The van der Waals surface area contributed by atoms with E-state index in [1.165, 1.54) is 0 Å². The molecule has 0 aromatic carbocycles. The maximum atomic E-state index is 11.4. The van der Waals surface area contributed by atoms with Crippen LogP contribution in [0.5, 0.6) is 0 Å². The molecule has 1 amide bonds. The number of aromatic amines is 1. The molecule has 1 aromatic heterocycles. The number of H-pyrrole nitrogens is 1. The van der Waals surface area contributed by atoms with Crippen LogP contribution in [0.1, 0.15) is 38.3 Å². The molecule has 4 nitrogen and oxygen atoms in total. The maximum Gasteiger partial charge on any atom is 0.228 e. The van der Waals surface area contributed by atoms with Crippen molar-refractivity contribution in [1.82, 2.24) is 10.2 Å². The summed E-state index contributed by atoms with van der Waals surface area (Å²) in [5.41, 5.74) is 1.05. The third-order valence-corrected chi connectivity index (χ3v) is 2.42. The van der Waals surface area contributed by atoms with E-state index in [1.807, 2.05) is 6.07 Å². The van der Waals surface area contributed by atoms with Crippen molar-refractivity contribution in [3.05, 3.63) is 11.8 Å². The van der Waals surface area contributed by atoms with Crippen LogP contribution < -0.4 is 5.32 Å². The van der Waals surface area contributed by atoms with Gasteiger partial charge in [-0.1, -0.05) is 13.8 Å². The lowest BCUT2D eigenvalue weighted by Gasteiger charge is -1.98. The van der Waals surface area contributed by atoms with E-state index in [0.29, 0.717) is 11.7 Å². The molecule has 0 bridgehead atoms. The number of aromatic nitrogens is 2. The lowest BCUT2D eigenvalue weighted by atomic mass is 10.1. The van der Waals surface area contributed by atoms with E-state index in [9.17, 15) is 4.79 Å². The number of hydrogen-bond acceptors (Lipinski definition) is 2. The van der Waals surface area contributed by atoms with Crippen molar-refractivity contribution in [2.45, 2.75) is 32.6 Å². The highest BCUT2D eigenvalue weighted by molar-refractivity contribution is 5.93. The van der Waals surface area contributed by atoms with Crippen molar-refractivity contribution in [2.24, 2.45) is 5.92 Å². The molecule has 4 heteroatoms. The average molecular weight is 193 g/mol. The summed E-state index contributed by atoms with van der Waals surface area (Å²) < 4.78 is 0. The number of rotatable bonds is 3. The van der Waals surface area contributed by atoms with Crippen molar-refractivity contribution in [3.63, 3.8) is 0 Å². The van der Waals surface area contributed by atoms with Gasteiger partial charge in [0.1, 0.15) is 0 Å². The van der Waals surface area contributed by atoms with Gasteiger partial charge in [0.25, 0.3) is 0 Å². The smallest absolute Gasteiger partial charge is 0.228 e. The fraction of sp³-hybridized carbons (Fsp3) is 0.600. The van der Waals surface area contributed by atoms with Crippen LogP contribution in [0.3, 0.4) is 0 Å². The second-order valence-electron chi connectivity index (χ2n) is 4.13. The number of hydrogen-bond donors (Lipinski definition) is 2. The van der Waals surface area contributed by atoms with Gasteiger partial charge in [-0.3, -0.25) is 9.89 Å². The van der Waals surface area contributed by atoms with E-state index < -0.39 is 0 Å². The van der Waals surface area contributed by atoms with Gasteiger partial charge in [0.15, 0.2) is 5.82 Å². The molecule has 1 fully saturated rings. The third kappa shape index (κ3) is 1.95. The third-order valence-electron chi connectivity index (χ3n) is 2.42. The molecule has 2 N–H and O–H groups in total. The summed E-state index contributed by atoms with van der Waals surface area (Å²) in [6.45, 7) is 4.17. The van der Waals surface area contributed by atoms with Gasteiger partial charge in [-0.05, 0) is 18.8 Å². The zero-order valence-electron chi connectivity index (χ0n) is 8.50. The van der Waals surface area contributed by atoms with E-state index in [2.05, 4.69) is 29.4 Å². The largest absolute Gasteiger partial charge is 0.309 e. The quantitative estimate of drug-likeness (QED) is 0.770. The molecule has 0 unspecified atom stereocenters. The summed E-state index contributed by atoms with van der Waals surface area (Å²) in [4.78, 5) is 11.4. The number of amides is 1. The Kier molecular flexibility index (Phi) is 2.27. The SMILES string of the molecule is CC(C)c1cc(NC(=O)C2CC2)n[nH]1. The van der Waals surface area contributed by atoms with Crippen LogP contribution in [-0.4, -0.2) is 16.1 Å².